The minimum Gasteiger partial charge on any atom is -0.499 e. The van der Waals surface area contributed by atoms with E-state index >= 15 is 0 Å². The fourth-order valence-corrected chi connectivity index (χ4v) is 2.74. The van der Waals surface area contributed by atoms with E-state index in [0.717, 1.165) is 21.3 Å². The van der Waals surface area contributed by atoms with Crippen molar-refractivity contribution in [3.05, 3.63) is 48.7 Å². The molecule has 3 rings (SSSR count). The van der Waals surface area contributed by atoms with Crippen molar-refractivity contribution in [2.45, 2.75) is 0 Å². The van der Waals surface area contributed by atoms with Gasteiger partial charge in [0.1, 0.15) is 0 Å². The van der Waals surface area contributed by atoms with E-state index in [4.69, 9.17) is 0 Å². The van der Waals surface area contributed by atoms with E-state index < -0.39 is 0 Å². The third-order valence-corrected chi connectivity index (χ3v) is 3.47. The maximum atomic E-state index is 9.97. The van der Waals surface area contributed by atoms with Crippen molar-refractivity contribution in [3.63, 3.8) is 0 Å². The van der Waals surface area contributed by atoms with Crippen LogP contribution in [0.4, 0.5) is 0 Å². The number of rotatable bonds is 1. The van der Waals surface area contributed by atoms with Gasteiger partial charge in [-0.15, -0.1) is 0 Å². The molecule has 78 valence electrons. The Hall–Kier alpha value is -1.87. The van der Waals surface area contributed by atoms with Gasteiger partial charge in [-0.3, -0.25) is 4.98 Å². The van der Waals surface area contributed by atoms with Gasteiger partial charge in [-0.2, -0.15) is 0 Å². The summed E-state index contributed by atoms with van der Waals surface area (Å²) in [6.07, 6.45) is 1.74. The highest BCUT2D eigenvalue weighted by Crippen LogP contribution is 2.42. The van der Waals surface area contributed by atoms with Crippen LogP contribution in [0.3, 0.4) is 0 Å². The monoisotopic (exact) mass is 227 g/mol. The topological polar surface area (TPSA) is 33.1 Å². The Morgan fingerprint density at radius 3 is 2.62 bits per heavy atom. The van der Waals surface area contributed by atoms with E-state index in [1.807, 2.05) is 42.5 Å². The molecule has 0 atom stereocenters. The molecule has 16 heavy (non-hydrogen) atoms. The van der Waals surface area contributed by atoms with Crippen LogP contribution in [0.25, 0.3) is 21.3 Å². The number of benzene rings is 1. The van der Waals surface area contributed by atoms with Crippen LogP contribution >= 0.6 is 11.3 Å². The summed E-state index contributed by atoms with van der Waals surface area (Å²) in [5.74, 6) is 0. The van der Waals surface area contributed by atoms with E-state index in [1.54, 1.807) is 6.20 Å². The Labute approximate surface area is 96.8 Å². The Morgan fingerprint density at radius 2 is 1.81 bits per heavy atom. The molecule has 0 bridgehead atoms. The van der Waals surface area contributed by atoms with Crippen LogP contribution in [0.2, 0.25) is 0 Å². The summed E-state index contributed by atoms with van der Waals surface area (Å²) in [4.78, 5) is 4.28. The molecule has 2 aromatic heterocycles. The largest absolute Gasteiger partial charge is 0.499 e. The van der Waals surface area contributed by atoms with Crippen molar-refractivity contribution in [2.75, 3.05) is 0 Å². The summed E-state index contributed by atoms with van der Waals surface area (Å²) in [6.45, 7) is 0. The number of fused-ring (bicyclic) bond motifs is 1. The Balaban J connectivity index is 2.35. The summed E-state index contributed by atoms with van der Waals surface area (Å²) < 4.78 is 1.08. The molecule has 1 aromatic carbocycles. The minimum atomic E-state index is 0.333. The molecule has 2 nitrogen and oxygen atoms in total. The third kappa shape index (κ3) is 1.37. The molecule has 0 fully saturated rings. The summed E-state index contributed by atoms with van der Waals surface area (Å²) in [5.41, 5.74) is 1.65. The van der Waals surface area contributed by atoms with Gasteiger partial charge in [0.25, 0.3) is 0 Å². The first-order valence-corrected chi connectivity index (χ1v) is 5.80. The van der Waals surface area contributed by atoms with Gasteiger partial charge >= 0.3 is 0 Å². The number of aromatic hydroxyl groups is 1. The van der Waals surface area contributed by atoms with Crippen LogP contribution in [0, 0.1) is 0 Å². The molecule has 3 heteroatoms. The Kier molecular flexibility index (Phi) is 2.11. The van der Waals surface area contributed by atoms with Crippen molar-refractivity contribution in [2.24, 2.45) is 0 Å². The third-order valence-electron chi connectivity index (χ3n) is 2.50. The van der Waals surface area contributed by atoms with Gasteiger partial charge in [-0.1, -0.05) is 35.6 Å². The fourth-order valence-electron chi connectivity index (χ4n) is 1.79. The number of hydrogen-bond acceptors (Lipinski definition) is 3. The highest BCUT2D eigenvalue weighted by Gasteiger charge is 2.13. The van der Waals surface area contributed by atoms with E-state index in [1.165, 1.54) is 11.3 Å². The lowest BCUT2D eigenvalue weighted by Gasteiger charge is -1.98. The van der Waals surface area contributed by atoms with Crippen LogP contribution in [0.1, 0.15) is 0 Å². The first-order chi connectivity index (χ1) is 7.86. The molecule has 0 aliphatic rings. The lowest BCUT2D eigenvalue weighted by atomic mass is 10.1. The van der Waals surface area contributed by atoms with Crippen molar-refractivity contribution in [1.29, 1.82) is 0 Å². The van der Waals surface area contributed by atoms with Crippen molar-refractivity contribution in [1.82, 2.24) is 4.98 Å². The molecule has 0 aliphatic carbocycles. The normalized spacial score (nSPS) is 10.8. The summed E-state index contributed by atoms with van der Waals surface area (Å²) in [7, 11) is 0. The average molecular weight is 227 g/mol. The molecule has 3 aromatic rings. The second-order valence-corrected chi connectivity index (χ2v) is 4.52. The molecule has 0 aliphatic heterocycles. The van der Waals surface area contributed by atoms with Gasteiger partial charge in [-0.05, 0) is 18.2 Å². The van der Waals surface area contributed by atoms with Crippen LogP contribution in [0.15, 0.2) is 48.7 Å². The van der Waals surface area contributed by atoms with Gasteiger partial charge in [0.2, 0.25) is 0 Å². The molecule has 0 saturated heterocycles. The number of thiophene rings is 1. The number of aromatic nitrogens is 1. The van der Waals surface area contributed by atoms with Crippen LogP contribution in [-0.4, -0.2) is 10.1 Å². The Bertz CT molecular complexity index is 631. The summed E-state index contributed by atoms with van der Waals surface area (Å²) in [6, 6.07) is 13.7. The van der Waals surface area contributed by atoms with E-state index in [0.29, 0.717) is 5.06 Å². The van der Waals surface area contributed by atoms with Gasteiger partial charge in [0.05, 0.1) is 11.3 Å². The first kappa shape index (κ1) is 9.36. The van der Waals surface area contributed by atoms with E-state index in [-0.39, 0.29) is 0 Å². The predicted molar refractivity (Wildman–Crippen MR) is 66.7 cm³/mol. The Morgan fingerprint density at radius 1 is 1.00 bits per heavy atom. The van der Waals surface area contributed by atoms with E-state index in [9.17, 15) is 5.11 Å². The number of nitrogens with zero attached hydrogens (tertiary/aromatic N) is 1. The number of pyridine rings is 1. The van der Waals surface area contributed by atoms with Crippen molar-refractivity contribution < 1.29 is 5.11 Å². The smallest absolute Gasteiger partial charge is 0.181 e. The van der Waals surface area contributed by atoms with E-state index in [2.05, 4.69) is 4.98 Å². The predicted octanol–water partition coefficient (Wildman–Crippen LogP) is 3.67. The standard InChI is InChI=1S/C13H9NOS/c15-13-12(10-6-3-4-8-14-10)9-5-1-2-7-11(9)16-13/h1-8,15H. The lowest BCUT2D eigenvalue weighted by molar-refractivity contribution is 0.493. The SMILES string of the molecule is Oc1sc2ccccc2c1-c1ccccn1. The molecular formula is C13H9NOS. The first-order valence-electron chi connectivity index (χ1n) is 4.98. The van der Waals surface area contributed by atoms with Crippen molar-refractivity contribution in [3.8, 4) is 16.3 Å². The maximum absolute atomic E-state index is 9.97. The second kappa shape index (κ2) is 3.61. The highest BCUT2D eigenvalue weighted by molar-refractivity contribution is 7.21. The van der Waals surface area contributed by atoms with Gasteiger partial charge < -0.3 is 5.11 Å². The van der Waals surface area contributed by atoms with Crippen molar-refractivity contribution >= 4 is 21.4 Å². The number of hydrogen-bond donors (Lipinski definition) is 1. The fraction of sp³-hybridized carbons (Fsp3) is 0. The zero-order chi connectivity index (χ0) is 11.0. The van der Waals surface area contributed by atoms with Gasteiger partial charge in [0, 0.05) is 16.3 Å². The second-order valence-electron chi connectivity index (χ2n) is 3.49. The zero-order valence-corrected chi connectivity index (χ0v) is 9.24. The van der Waals surface area contributed by atoms with Crippen LogP contribution < -0.4 is 0 Å². The average Bonchev–Trinajstić information content (AvgIpc) is 2.66. The quantitative estimate of drug-likeness (QED) is 0.688. The molecule has 1 N–H and O–H groups in total. The minimum absolute atomic E-state index is 0.333. The molecule has 0 amide bonds. The molecule has 0 radical (unpaired) electrons. The van der Waals surface area contributed by atoms with Gasteiger partial charge in [0.15, 0.2) is 5.06 Å². The molecule has 2 heterocycles. The maximum Gasteiger partial charge on any atom is 0.181 e. The van der Waals surface area contributed by atoms with Crippen LogP contribution in [0.5, 0.6) is 5.06 Å². The highest BCUT2D eigenvalue weighted by atomic mass is 32.1. The molecular weight excluding hydrogens is 218 g/mol. The summed E-state index contributed by atoms with van der Waals surface area (Å²) >= 11 is 1.39. The zero-order valence-electron chi connectivity index (χ0n) is 8.42. The van der Waals surface area contributed by atoms with Gasteiger partial charge in [-0.25, -0.2) is 0 Å². The lowest BCUT2D eigenvalue weighted by Crippen LogP contribution is -1.79. The molecule has 0 saturated carbocycles. The summed E-state index contributed by atoms with van der Waals surface area (Å²) in [5, 5.41) is 11.4. The van der Waals surface area contributed by atoms with Crippen LogP contribution in [-0.2, 0) is 0 Å². The molecule has 0 unspecified atom stereocenters. The molecule has 0 spiro atoms.